The first-order chi connectivity index (χ1) is 13.9. The third kappa shape index (κ3) is 8.07. The average molecular weight is 458 g/mol. The van der Waals surface area contributed by atoms with E-state index < -0.39 is 31.5 Å². The summed E-state index contributed by atoms with van der Waals surface area (Å²) in [5.74, 6) is -1.67. The number of benzene rings is 1. The van der Waals surface area contributed by atoms with Gasteiger partial charge in [0.2, 0.25) is 5.78 Å². The third-order valence-corrected chi connectivity index (χ3v) is 6.25. The number of hydrogen-bond donors (Lipinski definition) is 1. The number of halogens is 4. The first-order valence-electron chi connectivity index (χ1n) is 9.70. The molecule has 1 aromatic rings. The maximum absolute atomic E-state index is 13.1. The minimum atomic E-state index is -5.25. The second-order valence-corrected chi connectivity index (χ2v) is 8.32. The molecule has 2 atom stereocenters. The molecule has 0 saturated heterocycles. The smallest absolute Gasteiger partial charge is 0.322 e. The highest BCUT2D eigenvalue weighted by Gasteiger charge is 2.45. The van der Waals surface area contributed by atoms with Gasteiger partial charge in [-0.05, 0) is 32.8 Å². The van der Waals surface area contributed by atoms with Gasteiger partial charge in [0, 0.05) is 5.56 Å². The van der Waals surface area contributed by atoms with Gasteiger partial charge in [0.1, 0.15) is 13.2 Å². The Labute approximate surface area is 174 Å². The number of likely N-dealkylation sites (N-methyl/N-ethyl adjacent to an activating group) is 1. The summed E-state index contributed by atoms with van der Waals surface area (Å²) in [6.07, 6.45) is -8.68. The second-order valence-electron chi connectivity index (χ2n) is 6.86. The van der Waals surface area contributed by atoms with Crippen molar-refractivity contribution >= 4 is 13.6 Å². The lowest BCUT2D eigenvalue weighted by Crippen LogP contribution is -2.49. The second kappa shape index (κ2) is 11.3. The molecule has 1 N–H and O–H groups in total. The molecule has 1 aromatic carbocycles. The highest BCUT2D eigenvalue weighted by Crippen LogP contribution is 2.43. The zero-order chi connectivity index (χ0) is 23.0. The predicted octanol–water partition coefficient (Wildman–Crippen LogP) is 4.32. The Morgan fingerprint density at radius 3 is 2.03 bits per heavy atom. The lowest BCUT2D eigenvalue weighted by molar-refractivity contribution is -0.923. The molecule has 0 aromatic heterocycles. The van der Waals surface area contributed by atoms with Crippen LogP contribution in [0.15, 0.2) is 24.3 Å². The van der Waals surface area contributed by atoms with E-state index in [-0.39, 0.29) is 19.6 Å². The molecule has 2 unspecified atom stereocenters. The fourth-order valence-corrected chi connectivity index (χ4v) is 3.65. The van der Waals surface area contributed by atoms with E-state index in [1.54, 1.807) is 0 Å². The fraction of sp³-hybridized carbons (Fsp3) is 0.632. The number of rotatable bonds is 13. The number of ketones is 1. The van der Waals surface area contributed by atoms with Crippen LogP contribution in [0.4, 0.5) is 17.6 Å². The number of Topliss-reactive ketones (excluding diaryl/α,β-unsaturated/α-hetero) is 1. The van der Waals surface area contributed by atoms with E-state index >= 15 is 0 Å². The molecule has 0 fully saturated rings. The Kier molecular flexibility index (Phi) is 10.1. The number of nitrogens with zero attached hydrogens (tertiary/aromatic N) is 1. The largest absolute Gasteiger partial charge is 0.472 e. The molecular weight excluding hydrogens is 429 g/mol. The van der Waals surface area contributed by atoms with Gasteiger partial charge in [-0.1, -0.05) is 24.3 Å². The van der Waals surface area contributed by atoms with Crippen LogP contribution in [0.5, 0.6) is 0 Å². The van der Waals surface area contributed by atoms with E-state index in [0.29, 0.717) is 12.1 Å². The molecule has 6 nitrogen and oxygen atoms in total. The Hall–Kier alpha value is -1.32. The first-order valence-corrected chi connectivity index (χ1v) is 11.2. The van der Waals surface area contributed by atoms with Crippen molar-refractivity contribution in [3.8, 4) is 0 Å². The van der Waals surface area contributed by atoms with Gasteiger partial charge in [-0.25, -0.2) is 8.96 Å². The summed E-state index contributed by atoms with van der Waals surface area (Å²) >= 11 is 0. The molecule has 0 bridgehead atoms. The van der Waals surface area contributed by atoms with Gasteiger partial charge in [-0.3, -0.25) is 13.8 Å². The predicted molar refractivity (Wildman–Crippen MR) is 104 cm³/mol. The Morgan fingerprint density at radius 2 is 1.57 bits per heavy atom. The minimum Gasteiger partial charge on any atom is -0.322 e. The first kappa shape index (κ1) is 26.7. The summed E-state index contributed by atoms with van der Waals surface area (Å²) in [4.78, 5) is 21.2. The molecule has 0 aliphatic carbocycles. The fourth-order valence-electron chi connectivity index (χ4n) is 2.94. The number of hydrogen-bond acceptors (Lipinski definition) is 4. The molecule has 0 radical (unpaired) electrons. The Bertz CT molecular complexity index is 714. The third-order valence-electron chi connectivity index (χ3n) is 5.23. The van der Waals surface area contributed by atoms with Crippen LogP contribution in [0, 0.1) is 0 Å². The van der Waals surface area contributed by atoms with Crippen molar-refractivity contribution in [1.29, 1.82) is 0 Å². The number of alkyl halides is 4. The summed E-state index contributed by atoms with van der Waals surface area (Å²) in [5.41, 5.74) is 0.123. The SMILES string of the molecule is CC[N+](CC)(CC)CCOP(=O)(O)OCCc1ccc(C(=O)C(F)C(F)(F)F)cc1. The molecule has 172 valence electrons. The van der Waals surface area contributed by atoms with Crippen LogP contribution >= 0.6 is 7.82 Å². The normalized spacial score (nSPS) is 15.6. The minimum absolute atomic E-state index is 0.0592. The monoisotopic (exact) mass is 458 g/mol. The van der Waals surface area contributed by atoms with Crippen molar-refractivity contribution in [1.82, 2.24) is 0 Å². The molecule has 0 aliphatic heterocycles. The van der Waals surface area contributed by atoms with E-state index in [0.717, 1.165) is 36.3 Å². The van der Waals surface area contributed by atoms with Crippen LogP contribution in [-0.2, 0) is 20.0 Å². The van der Waals surface area contributed by atoms with Crippen molar-refractivity contribution < 1.29 is 45.3 Å². The van der Waals surface area contributed by atoms with Crippen molar-refractivity contribution in [3.63, 3.8) is 0 Å². The summed E-state index contributed by atoms with van der Waals surface area (Å²) in [5, 5.41) is 0. The summed E-state index contributed by atoms with van der Waals surface area (Å²) in [6.45, 7) is 9.19. The van der Waals surface area contributed by atoms with E-state index in [1.165, 1.54) is 12.1 Å². The van der Waals surface area contributed by atoms with E-state index in [2.05, 4.69) is 0 Å². The maximum Gasteiger partial charge on any atom is 0.472 e. The molecule has 0 spiro atoms. The quantitative estimate of drug-likeness (QED) is 0.206. The molecular formula is C19H29F4NO5P+. The van der Waals surface area contributed by atoms with Crippen molar-refractivity contribution in [2.75, 3.05) is 39.4 Å². The highest BCUT2D eigenvalue weighted by atomic mass is 31.2. The van der Waals surface area contributed by atoms with Gasteiger partial charge in [0.25, 0.3) is 6.17 Å². The van der Waals surface area contributed by atoms with Gasteiger partial charge in [-0.2, -0.15) is 13.2 Å². The summed E-state index contributed by atoms with van der Waals surface area (Å²) in [6, 6.07) is 4.81. The van der Waals surface area contributed by atoms with Crippen LogP contribution in [0.2, 0.25) is 0 Å². The maximum atomic E-state index is 13.1. The van der Waals surface area contributed by atoms with Crippen LogP contribution in [0.3, 0.4) is 0 Å². The molecule has 1 rings (SSSR count). The molecule has 11 heteroatoms. The van der Waals surface area contributed by atoms with E-state index in [4.69, 9.17) is 9.05 Å². The molecule has 0 heterocycles. The van der Waals surface area contributed by atoms with Gasteiger partial charge < -0.3 is 9.38 Å². The lowest BCUT2D eigenvalue weighted by Gasteiger charge is -2.35. The van der Waals surface area contributed by atoms with E-state index in [9.17, 15) is 31.8 Å². The van der Waals surface area contributed by atoms with Gasteiger partial charge in [0.05, 0.1) is 26.2 Å². The van der Waals surface area contributed by atoms with Crippen LogP contribution in [0.1, 0.15) is 36.7 Å². The van der Waals surface area contributed by atoms with Gasteiger partial charge >= 0.3 is 14.0 Å². The standard InChI is InChI=1S/C19H28F4NO5P/c1-4-24(5-2,6-3)12-14-29-30(26,27)28-13-11-15-7-9-16(10-8-15)17(25)18(20)19(21,22)23/h7-10,18H,4-6,11-14H2,1-3H3/p+1. The molecule has 0 aliphatic rings. The number of quaternary nitrogens is 1. The highest BCUT2D eigenvalue weighted by molar-refractivity contribution is 7.47. The Balaban J connectivity index is 2.51. The molecule has 30 heavy (non-hydrogen) atoms. The van der Waals surface area contributed by atoms with Crippen molar-refractivity contribution in [2.24, 2.45) is 0 Å². The number of carbonyl (C=O) groups is 1. The summed E-state index contributed by atoms with van der Waals surface area (Å²) in [7, 11) is -4.24. The molecule has 0 saturated carbocycles. The van der Waals surface area contributed by atoms with Crippen molar-refractivity contribution in [2.45, 2.75) is 39.5 Å². The zero-order valence-corrected chi connectivity index (χ0v) is 18.2. The van der Waals surface area contributed by atoms with E-state index in [1.807, 2.05) is 20.8 Å². The van der Waals surface area contributed by atoms with Crippen LogP contribution in [0.25, 0.3) is 0 Å². The number of phosphoric acid groups is 1. The van der Waals surface area contributed by atoms with Gasteiger partial charge in [-0.15, -0.1) is 0 Å². The number of carbonyl (C=O) groups excluding carboxylic acids is 1. The topological polar surface area (TPSA) is 72.8 Å². The lowest BCUT2D eigenvalue weighted by atomic mass is 10.0. The molecule has 0 amide bonds. The Morgan fingerprint density at radius 1 is 1.07 bits per heavy atom. The summed E-state index contributed by atoms with van der Waals surface area (Å²) < 4.78 is 72.6. The van der Waals surface area contributed by atoms with Gasteiger partial charge in [0.15, 0.2) is 0 Å². The van der Waals surface area contributed by atoms with Crippen molar-refractivity contribution in [3.05, 3.63) is 35.4 Å². The number of phosphoric ester groups is 1. The average Bonchev–Trinajstić information content (AvgIpc) is 2.70. The van der Waals surface area contributed by atoms with Crippen LogP contribution in [-0.4, -0.2) is 66.9 Å². The zero-order valence-electron chi connectivity index (χ0n) is 17.3. The van der Waals surface area contributed by atoms with Crippen LogP contribution < -0.4 is 0 Å².